The van der Waals surface area contributed by atoms with Gasteiger partial charge in [-0.2, -0.15) is 0 Å². The van der Waals surface area contributed by atoms with E-state index in [0.29, 0.717) is 5.41 Å². The second-order valence-electron chi connectivity index (χ2n) is 7.89. The summed E-state index contributed by atoms with van der Waals surface area (Å²) >= 11 is 0. The Kier molecular flexibility index (Phi) is 21.0. The summed E-state index contributed by atoms with van der Waals surface area (Å²) in [6.45, 7) is 28.9. The minimum absolute atomic E-state index is 0.500. The van der Waals surface area contributed by atoms with Gasteiger partial charge in [0, 0.05) is 0 Å². The molecule has 0 saturated carbocycles. The molecule has 1 aromatic rings. The van der Waals surface area contributed by atoms with Gasteiger partial charge in [0.15, 0.2) is 0 Å². The number of aryl methyl sites for hydroxylation is 1. The van der Waals surface area contributed by atoms with Crippen LogP contribution in [0.4, 0.5) is 0 Å². The van der Waals surface area contributed by atoms with Crippen LogP contribution in [0.2, 0.25) is 0 Å². The summed E-state index contributed by atoms with van der Waals surface area (Å²) in [5.74, 6) is 0. The van der Waals surface area contributed by atoms with E-state index in [4.69, 9.17) is 0 Å². The molecular weight excluding hydrogens is 324 g/mol. The predicted octanol–water partition coefficient (Wildman–Crippen LogP) is 9.45. The molecule has 0 unspecified atom stereocenters. The summed E-state index contributed by atoms with van der Waals surface area (Å²) in [5.41, 5.74) is 5.08. The third-order valence-corrected chi connectivity index (χ3v) is 2.46. The molecule has 27 heavy (non-hydrogen) atoms. The smallest absolute Gasteiger partial charge is 0.0256 e. The summed E-state index contributed by atoms with van der Waals surface area (Å²) in [5, 5.41) is 0. The van der Waals surface area contributed by atoms with Crippen LogP contribution in [0, 0.1) is 5.41 Å². The Morgan fingerprint density at radius 3 is 1.59 bits per heavy atom. The lowest BCUT2D eigenvalue weighted by Crippen LogP contribution is -1.93. The topological polar surface area (TPSA) is 0 Å². The molecule has 0 aliphatic carbocycles. The SMILES string of the molecule is C=C(C)/C=C\C(=C)/C=C/c1ccc(CC)cc1.CC.CC(C)(C)C.CCC. The standard InChI is InChI=1S/C17H20.C5H12.C3H8.C2H6/c1-5-16-10-12-17(13-11-16)9-8-15(4)7-6-14(2)3;1-5(2,3)4;1-3-2;1-2/h6-13H,2,4-5H2,1,3H3;1-4H3;3H2,1-2H3;1-2H3/b7-6-,9-8+;;;. The fraction of sp³-hybridized carbons (Fsp3) is 0.481. The molecule has 0 nitrogen and oxygen atoms in total. The average Bonchev–Trinajstić information content (AvgIpc) is 2.59. The molecule has 0 saturated heterocycles. The van der Waals surface area contributed by atoms with E-state index in [9.17, 15) is 0 Å². The first-order valence-electron chi connectivity index (χ1n) is 10.3. The van der Waals surface area contributed by atoms with Gasteiger partial charge in [-0.1, -0.05) is 136 Å². The minimum atomic E-state index is 0.500. The summed E-state index contributed by atoms with van der Waals surface area (Å²) in [4.78, 5) is 0. The molecule has 0 fully saturated rings. The third kappa shape index (κ3) is 29.2. The second-order valence-corrected chi connectivity index (χ2v) is 7.89. The van der Waals surface area contributed by atoms with E-state index in [2.05, 4.69) is 92.0 Å². The predicted molar refractivity (Wildman–Crippen MR) is 130 cm³/mol. The number of rotatable bonds is 5. The van der Waals surface area contributed by atoms with Gasteiger partial charge in [-0.15, -0.1) is 0 Å². The van der Waals surface area contributed by atoms with Crippen LogP contribution in [0.1, 0.15) is 86.8 Å². The van der Waals surface area contributed by atoms with E-state index in [1.54, 1.807) is 0 Å². The van der Waals surface area contributed by atoms with Crippen molar-refractivity contribution in [1.82, 2.24) is 0 Å². The zero-order chi connectivity index (χ0) is 21.9. The Bertz CT molecular complexity index is 524. The molecule has 0 aliphatic rings. The van der Waals surface area contributed by atoms with Gasteiger partial charge in [0.25, 0.3) is 0 Å². The highest BCUT2D eigenvalue weighted by Crippen LogP contribution is 2.09. The van der Waals surface area contributed by atoms with Crippen molar-refractivity contribution in [2.45, 2.75) is 82.1 Å². The second kappa shape index (κ2) is 19.0. The lowest BCUT2D eigenvalue weighted by Gasteiger charge is -2.05. The maximum Gasteiger partial charge on any atom is -0.0256 e. The molecule has 0 heterocycles. The molecule has 0 radical (unpaired) electrons. The number of hydrogen-bond donors (Lipinski definition) is 0. The molecule has 1 rings (SSSR count). The number of allylic oxidation sites excluding steroid dienone is 5. The van der Waals surface area contributed by atoms with Gasteiger partial charge in [0.2, 0.25) is 0 Å². The third-order valence-electron chi connectivity index (χ3n) is 2.46. The average molecular weight is 371 g/mol. The first-order valence-corrected chi connectivity index (χ1v) is 10.3. The largest absolute Gasteiger partial charge is 0.0961 e. The lowest BCUT2D eigenvalue weighted by atomic mass is 10.0. The van der Waals surface area contributed by atoms with Crippen molar-refractivity contribution in [2.75, 3.05) is 0 Å². The highest BCUT2D eigenvalue weighted by molar-refractivity contribution is 5.54. The molecule has 1 aromatic carbocycles. The van der Waals surface area contributed by atoms with E-state index >= 15 is 0 Å². The molecule has 0 amide bonds. The summed E-state index contributed by atoms with van der Waals surface area (Å²) < 4.78 is 0. The Hall–Kier alpha value is -1.82. The van der Waals surface area contributed by atoms with Crippen LogP contribution >= 0.6 is 0 Å². The fourth-order valence-corrected chi connectivity index (χ4v) is 1.37. The Labute approximate surface area is 171 Å². The lowest BCUT2D eigenvalue weighted by molar-refractivity contribution is 0.469. The van der Waals surface area contributed by atoms with Crippen molar-refractivity contribution in [3.63, 3.8) is 0 Å². The van der Waals surface area contributed by atoms with Gasteiger partial charge in [-0.3, -0.25) is 0 Å². The monoisotopic (exact) mass is 370 g/mol. The quantitative estimate of drug-likeness (QED) is 0.453. The van der Waals surface area contributed by atoms with Crippen LogP contribution in [0.15, 0.2) is 66.8 Å². The summed E-state index contributed by atoms with van der Waals surface area (Å²) in [6.07, 6.45) is 10.4. The van der Waals surface area contributed by atoms with Crippen LogP contribution < -0.4 is 0 Å². The van der Waals surface area contributed by atoms with Crippen molar-refractivity contribution < 1.29 is 0 Å². The summed E-state index contributed by atoms with van der Waals surface area (Å²) in [7, 11) is 0. The fourth-order valence-electron chi connectivity index (χ4n) is 1.37. The zero-order valence-corrected chi connectivity index (χ0v) is 19.9. The molecule has 154 valence electrons. The van der Waals surface area contributed by atoms with Gasteiger partial charge >= 0.3 is 0 Å². The van der Waals surface area contributed by atoms with Crippen molar-refractivity contribution in [2.24, 2.45) is 5.41 Å². The van der Waals surface area contributed by atoms with E-state index in [1.807, 2.05) is 39.0 Å². The molecule has 0 atom stereocenters. The van der Waals surface area contributed by atoms with Gasteiger partial charge < -0.3 is 0 Å². The zero-order valence-electron chi connectivity index (χ0n) is 19.9. The molecular formula is C27H46. The Balaban J connectivity index is -0.000000481. The Morgan fingerprint density at radius 1 is 0.852 bits per heavy atom. The van der Waals surface area contributed by atoms with Gasteiger partial charge in [-0.25, -0.2) is 0 Å². The molecule has 0 N–H and O–H groups in total. The molecule has 0 bridgehead atoms. The normalized spacial score (nSPS) is 10.1. The van der Waals surface area contributed by atoms with Crippen molar-refractivity contribution in [1.29, 1.82) is 0 Å². The highest BCUT2D eigenvalue weighted by atomic mass is 14.0. The highest BCUT2D eigenvalue weighted by Gasteiger charge is 1.95. The van der Waals surface area contributed by atoms with E-state index in [1.165, 1.54) is 17.5 Å². The van der Waals surface area contributed by atoms with Crippen molar-refractivity contribution >= 4 is 6.08 Å². The van der Waals surface area contributed by atoms with Crippen LogP contribution in [0.5, 0.6) is 0 Å². The van der Waals surface area contributed by atoms with Crippen molar-refractivity contribution in [3.8, 4) is 0 Å². The number of hydrogen-bond acceptors (Lipinski definition) is 0. The van der Waals surface area contributed by atoms with Crippen LogP contribution in [-0.4, -0.2) is 0 Å². The molecule has 0 aromatic heterocycles. The molecule has 0 aliphatic heterocycles. The van der Waals surface area contributed by atoms with Crippen LogP contribution in [0.25, 0.3) is 6.08 Å². The van der Waals surface area contributed by atoms with Crippen molar-refractivity contribution in [3.05, 3.63) is 77.9 Å². The van der Waals surface area contributed by atoms with Gasteiger partial charge in [0.1, 0.15) is 0 Å². The van der Waals surface area contributed by atoms with E-state index in [-0.39, 0.29) is 0 Å². The molecule has 0 heteroatoms. The minimum Gasteiger partial charge on any atom is -0.0961 e. The maximum atomic E-state index is 3.96. The number of benzene rings is 1. The van der Waals surface area contributed by atoms with E-state index in [0.717, 1.165) is 17.6 Å². The Morgan fingerprint density at radius 2 is 1.26 bits per heavy atom. The molecule has 0 spiro atoms. The summed E-state index contributed by atoms with van der Waals surface area (Å²) in [6, 6.07) is 8.58. The maximum absolute atomic E-state index is 3.96. The first kappa shape index (κ1) is 29.9. The van der Waals surface area contributed by atoms with Crippen LogP contribution in [0.3, 0.4) is 0 Å². The van der Waals surface area contributed by atoms with E-state index < -0.39 is 0 Å². The first-order chi connectivity index (χ1) is 12.5. The van der Waals surface area contributed by atoms with Crippen LogP contribution in [-0.2, 0) is 6.42 Å². The van der Waals surface area contributed by atoms with Gasteiger partial charge in [-0.05, 0) is 35.5 Å². The van der Waals surface area contributed by atoms with Gasteiger partial charge in [0.05, 0.1) is 0 Å².